The molecule has 0 aromatic rings. The van der Waals surface area contributed by atoms with Crippen LogP contribution in [0.4, 0.5) is 0 Å². The molecule has 6 heteroatoms. The Bertz CT molecular complexity index is 425. The molecule has 2 aliphatic rings. The lowest BCUT2D eigenvalue weighted by Crippen LogP contribution is -2.54. The minimum atomic E-state index is -0.860. The van der Waals surface area contributed by atoms with Crippen LogP contribution in [-0.2, 0) is 20.4 Å². The minimum absolute atomic E-state index is 0.00781. The largest absolute Gasteiger partial charge is 0.481 e. The molecule has 1 amide bonds. The van der Waals surface area contributed by atoms with Crippen molar-refractivity contribution in [2.75, 3.05) is 12.3 Å². The summed E-state index contributed by atoms with van der Waals surface area (Å²) in [4.78, 5) is 25.5. The third-order valence-corrected chi connectivity index (χ3v) is 6.58. The molecule has 1 N–H and O–H groups in total. The zero-order valence-electron chi connectivity index (χ0n) is 12.1. The highest BCUT2D eigenvalue weighted by Crippen LogP contribution is 2.32. The van der Waals surface area contributed by atoms with Crippen molar-refractivity contribution in [3.8, 4) is 0 Å². The number of nitrogens with zero attached hydrogens (tertiary/aromatic N) is 1. The summed E-state index contributed by atoms with van der Waals surface area (Å²) in [6.07, 6.45) is 2.71. The molecule has 20 heavy (non-hydrogen) atoms. The number of hydrogen-bond acceptors (Lipinski definition) is 3. The van der Waals surface area contributed by atoms with Gasteiger partial charge in [0.15, 0.2) is 0 Å². The Morgan fingerprint density at radius 2 is 1.85 bits per heavy atom. The molecule has 0 aromatic carbocycles. The maximum absolute atomic E-state index is 12.6. The molecular weight excluding hydrogens is 278 g/mol. The first-order chi connectivity index (χ1) is 9.41. The Labute approximate surface area is 122 Å². The van der Waals surface area contributed by atoms with Crippen LogP contribution in [0.2, 0.25) is 0 Å². The maximum Gasteiger partial charge on any atom is 0.306 e. The van der Waals surface area contributed by atoms with Gasteiger partial charge in [0.1, 0.15) is 0 Å². The van der Waals surface area contributed by atoms with E-state index in [1.807, 2.05) is 18.7 Å². The lowest BCUT2D eigenvalue weighted by atomic mass is 9.80. The second kappa shape index (κ2) is 6.24. The Balaban J connectivity index is 2.03. The van der Waals surface area contributed by atoms with E-state index in [-0.39, 0.29) is 29.0 Å². The van der Waals surface area contributed by atoms with Gasteiger partial charge in [-0.3, -0.25) is 13.8 Å². The monoisotopic (exact) mass is 301 g/mol. The third-order valence-electron chi connectivity index (χ3n) is 4.77. The van der Waals surface area contributed by atoms with Crippen molar-refractivity contribution in [1.82, 2.24) is 4.90 Å². The van der Waals surface area contributed by atoms with E-state index in [9.17, 15) is 13.8 Å². The van der Waals surface area contributed by atoms with Crippen molar-refractivity contribution in [3.63, 3.8) is 0 Å². The van der Waals surface area contributed by atoms with Crippen LogP contribution in [0.1, 0.15) is 39.5 Å². The minimum Gasteiger partial charge on any atom is -0.481 e. The van der Waals surface area contributed by atoms with Crippen molar-refractivity contribution < 1.29 is 18.9 Å². The highest BCUT2D eigenvalue weighted by atomic mass is 32.2. The van der Waals surface area contributed by atoms with Gasteiger partial charge in [-0.1, -0.05) is 6.42 Å². The Kier molecular flexibility index (Phi) is 4.83. The Hall–Kier alpha value is -0.910. The summed E-state index contributed by atoms with van der Waals surface area (Å²) < 4.78 is 11.8. The summed E-state index contributed by atoms with van der Waals surface area (Å²) in [6, 6.07) is -0.0257. The maximum atomic E-state index is 12.6. The number of hydrogen-bond donors (Lipinski definition) is 1. The summed E-state index contributed by atoms with van der Waals surface area (Å²) in [5.41, 5.74) is 0. The lowest BCUT2D eigenvalue weighted by Gasteiger charge is -2.40. The normalized spacial score (nSPS) is 38.5. The van der Waals surface area contributed by atoms with Gasteiger partial charge in [-0.15, -0.1) is 0 Å². The fraction of sp³-hybridized carbons (Fsp3) is 0.857. The van der Waals surface area contributed by atoms with E-state index < -0.39 is 16.8 Å². The molecule has 1 aliphatic heterocycles. The quantitative estimate of drug-likeness (QED) is 0.833. The number of aliphatic carboxylic acids is 1. The number of carbonyl (C=O) groups excluding carboxylic acids is 1. The van der Waals surface area contributed by atoms with E-state index in [4.69, 9.17) is 5.11 Å². The predicted molar refractivity (Wildman–Crippen MR) is 76.7 cm³/mol. The first kappa shape index (κ1) is 15.5. The SMILES string of the molecule is CC1C(C)S(=O)CCN1C(=O)C1CCCC(C(=O)O)C1. The second-order valence-corrected chi connectivity index (χ2v) is 7.87. The standard InChI is InChI=1S/C14H23NO4S/c1-9-10(2)20(19)7-6-15(9)13(16)11-4-3-5-12(8-11)14(17)18/h9-12H,3-8H2,1-2H3,(H,17,18). The van der Waals surface area contributed by atoms with Crippen LogP contribution in [0.15, 0.2) is 0 Å². The van der Waals surface area contributed by atoms with Gasteiger partial charge in [0, 0.05) is 35.1 Å². The molecule has 0 aromatic heterocycles. The molecule has 114 valence electrons. The molecule has 0 bridgehead atoms. The van der Waals surface area contributed by atoms with Gasteiger partial charge in [-0.2, -0.15) is 0 Å². The van der Waals surface area contributed by atoms with Crippen LogP contribution in [0.3, 0.4) is 0 Å². The average molecular weight is 301 g/mol. The second-order valence-electron chi connectivity index (χ2n) is 5.96. The van der Waals surface area contributed by atoms with Gasteiger partial charge in [0.25, 0.3) is 0 Å². The number of rotatable bonds is 2. The van der Waals surface area contributed by atoms with Crippen LogP contribution in [-0.4, -0.2) is 49.7 Å². The Morgan fingerprint density at radius 3 is 2.50 bits per heavy atom. The van der Waals surface area contributed by atoms with Gasteiger partial charge in [-0.05, 0) is 33.1 Å². The summed E-state index contributed by atoms with van der Waals surface area (Å²) in [5, 5.41) is 9.10. The molecule has 1 saturated heterocycles. The number of amides is 1. The van der Waals surface area contributed by atoms with Gasteiger partial charge in [0.2, 0.25) is 5.91 Å². The molecule has 2 rings (SSSR count). The molecular formula is C14H23NO4S. The zero-order valence-corrected chi connectivity index (χ0v) is 12.9. The van der Waals surface area contributed by atoms with Crippen molar-refractivity contribution in [2.45, 2.75) is 50.8 Å². The molecule has 2 fully saturated rings. The molecule has 1 aliphatic carbocycles. The smallest absolute Gasteiger partial charge is 0.306 e. The van der Waals surface area contributed by atoms with Crippen LogP contribution in [0, 0.1) is 11.8 Å². The zero-order chi connectivity index (χ0) is 14.9. The average Bonchev–Trinajstić information content (AvgIpc) is 2.44. The van der Waals surface area contributed by atoms with Gasteiger partial charge in [0.05, 0.1) is 11.2 Å². The number of carbonyl (C=O) groups is 2. The van der Waals surface area contributed by atoms with Crippen LogP contribution in [0.25, 0.3) is 0 Å². The molecule has 5 nitrogen and oxygen atoms in total. The van der Waals surface area contributed by atoms with Gasteiger partial charge in [-0.25, -0.2) is 0 Å². The van der Waals surface area contributed by atoms with Crippen molar-refractivity contribution in [2.24, 2.45) is 11.8 Å². The molecule has 5 atom stereocenters. The lowest BCUT2D eigenvalue weighted by molar-refractivity contribution is -0.146. The van der Waals surface area contributed by atoms with Gasteiger partial charge >= 0.3 is 5.97 Å². The van der Waals surface area contributed by atoms with E-state index in [1.165, 1.54) is 0 Å². The molecule has 0 spiro atoms. The topological polar surface area (TPSA) is 74.7 Å². The first-order valence-electron chi connectivity index (χ1n) is 7.32. The Morgan fingerprint density at radius 1 is 1.20 bits per heavy atom. The summed E-state index contributed by atoms with van der Waals surface area (Å²) >= 11 is 0. The molecule has 1 heterocycles. The van der Waals surface area contributed by atoms with Gasteiger partial charge < -0.3 is 10.0 Å². The molecule has 0 radical (unpaired) electrons. The fourth-order valence-electron chi connectivity index (χ4n) is 3.23. The third kappa shape index (κ3) is 3.05. The van der Waals surface area contributed by atoms with E-state index >= 15 is 0 Å². The van der Waals surface area contributed by atoms with E-state index in [0.717, 1.165) is 12.8 Å². The van der Waals surface area contributed by atoms with E-state index in [2.05, 4.69) is 0 Å². The van der Waals surface area contributed by atoms with Crippen molar-refractivity contribution in [3.05, 3.63) is 0 Å². The van der Waals surface area contributed by atoms with E-state index in [0.29, 0.717) is 25.1 Å². The summed E-state index contributed by atoms with van der Waals surface area (Å²) in [5.74, 6) is -0.752. The van der Waals surface area contributed by atoms with E-state index in [1.54, 1.807) is 0 Å². The van der Waals surface area contributed by atoms with Crippen LogP contribution < -0.4 is 0 Å². The highest BCUT2D eigenvalue weighted by Gasteiger charge is 2.38. The molecule has 1 saturated carbocycles. The van der Waals surface area contributed by atoms with Crippen molar-refractivity contribution in [1.29, 1.82) is 0 Å². The number of carboxylic acid groups (broad SMARTS) is 1. The van der Waals surface area contributed by atoms with Crippen LogP contribution in [0.5, 0.6) is 0 Å². The predicted octanol–water partition coefficient (Wildman–Crippen LogP) is 1.25. The first-order valence-corrected chi connectivity index (χ1v) is 8.70. The molecule has 5 unspecified atom stereocenters. The summed E-state index contributed by atoms with van der Waals surface area (Å²) in [6.45, 7) is 4.39. The fourth-order valence-corrected chi connectivity index (χ4v) is 4.57. The summed E-state index contributed by atoms with van der Waals surface area (Å²) in [7, 11) is -0.860. The number of carboxylic acids is 1. The van der Waals surface area contributed by atoms with Crippen molar-refractivity contribution >= 4 is 22.7 Å². The van der Waals surface area contributed by atoms with Crippen LogP contribution >= 0.6 is 0 Å². The highest BCUT2D eigenvalue weighted by molar-refractivity contribution is 7.85.